The molecule has 0 radical (unpaired) electrons. The zero-order valence-corrected chi connectivity index (χ0v) is 20.2. The van der Waals surface area contributed by atoms with E-state index in [1.807, 2.05) is 36.4 Å². The van der Waals surface area contributed by atoms with Crippen molar-refractivity contribution in [1.82, 2.24) is 0 Å². The number of hydrogen-bond donors (Lipinski definition) is 0. The van der Waals surface area contributed by atoms with Gasteiger partial charge in [0.15, 0.2) is 0 Å². The van der Waals surface area contributed by atoms with E-state index in [4.69, 9.17) is 51.0 Å². The lowest BCUT2D eigenvalue weighted by atomic mass is 9.92. The molecule has 0 amide bonds. The molecule has 6 heteroatoms. The van der Waals surface area contributed by atoms with E-state index in [9.17, 15) is 0 Å². The second-order valence-electron chi connectivity index (χ2n) is 6.61. The van der Waals surface area contributed by atoms with Crippen molar-refractivity contribution in [2.24, 2.45) is 0 Å². The third-order valence-corrected chi connectivity index (χ3v) is 6.08. The molecule has 0 saturated carbocycles. The van der Waals surface area contributed by atoms with Gasteiger partial charge in [0.1, 0.15) is 0 Å². The standard InChI is InChI=1S/C23H20Cl4.H2OP/c1-2-5-15-10-11-16(13-18-20(24)6-3-7-21(18)25)17(12-15)14-19-22(26)8-4-9-23(19)27;1-2/h3-4,6-12H,2,5,13-14H2,1H3;2H2/q;+1. The van der Waals surface area contributed by atoms with E-state index in [1.54, 1.807) is 0 Å². The third-order valence-electron chi connectivity index (χ3n) is 4.67. The van der Waals surface area contributed by atoms with Gasteiger partial charge in [-0.1, -0.05) is 94.6 Å². The molecule has 0 bridgehead atoms. The maximum atomic E-state index is 8.17. The molecular weight excluding hydrogens is 465 g/mol. The van der Waals surface area contributed by atoms with Crippen molar-refractivity contribution in [2.75, 3.05) is 0 Å². The third kappa shape index (κ3) is 6.45. The Morgan fingerprint density at radius 2 is 1.14 bits per heavy atom. The fourth-order valence-corrected chi connectivity index (χ4v) is 4.31. The Kier molecular flexibility index (Phi) is 9.96. The van der Waals surface area contributed by atoms with E-state index < -0.39 is 0 Å². The summed E-state index contributed by atoms with van der Waals surface area (Å²) in [4.78, 5) is 0. The molecular formula is C23H22Cl4OP+. The Labute approximate surface area is 194 Å². The molecule has 0 aliphatic carbocycles. The van der Waals surface area contributed by atoms with Crippen molar-refractivity contribution in [3.8, 4) is 0 Å². The molecule has 0 saturated heterocycles. The molecule has 0 heterocycles. The predicted molar refractivity (Wildman–Crippen MR) is 129 cm³/mol. The molecule has 3 aromatic carbocycles. The molecule has 0 aliphatic rings. The van der Waals surface area contributed by atoms with Gasteiger partial charge < -0.3 is 0 Å². The van der Waals surface area contributed by atoms with Crippen LogP contribution in [0.2, 0.25) is 20.1 Å². The van der Waals surface area contributed by atoms with Crippen LogP contribution < -0.4 is 0 Å². The fraction of sp³-hybridized carbons (Fsp3) is 0.217. The van der Waals surface area contributed by atoms with Crippen LogP contribution in [0.4, 0.5) is 0 Å². The SMILES string of the molecule is CCCc1ccc(Cc2c(Cl)cccc2Cl)c(Cc2c(Cl)cccc2Cl)c1.O=[PH2+]. The maximum Gasteiger partial charge on any atom is 0.310 e. The van der Waals surface area contributed by atoms with Crippen molar-refractivity contribution in [2.45, 2.75) is 32.6 Å². The van der Waals surface area contributed by atoms with Gasteiger partial charge in [0.2, 0.25) is 0 Å². The monoisotopic (exact) mass is 485 g/mol. The smallest absolute Gasteiger partial charge is 0.0840 e. The first kappa shape index (κ1) is 24.2. The lowest BCUT2D eigenvalue weighted by Crippen LogP contribution is -2.01. The lowest BCUT2D eigenvalue weighted by molar-refractivity contribution is 0.607. The first-order chi connectivity index (χ1) is 14.0. The summed E-state index contributed by atoms with van der Waals surface area (Å²) in [6.07, 6.45) is 3.48. The van der Waals surface area contributed by atoms with Crippen LogP contribution in [0, 0.1) is 0 Å². The highest BCUT2D eigenvalue weighted by atomic mass is 35.5. The van der Waals surface area contributed by atoms with E-state index in [0.29, 0.717) is 32.9 Å². The summed E-state index contributed by atoms with van der Waals surface area (Å²) in [6.45, 7) is 2.18. The first-order valence-electron chi connectivity index (χ1n) is 9.19. The van der Waals surface area contributed by atoms with Gasteiger partial charge in [0.25, 0.3) is 0 Å². The van der Waals surface area contributed by atoms with Gasteiger partial charge in [-0.25, -0.2) is 0 Å². The Balaban J connectivity index is 0.00000145. The van der Waals surface area contributed by atoms with Gasteiger partial charge in [0.05, 0.1) is 0 Å². The minimum Gasteiger partial charge on any atom is -0.0840 e. The van der Waals surface area contributed by atoms with Gasteiger partial charge in [0, 0.05) is 32.9 Å². The van der Waals surface area contributed by atoms with E-state index in [0.717, 1.165) is 24.0 Å². The number of aryl methyl sites for hydroxylation is 1. The van der Waals surface area contributed by atoms with Crippen molar-refractivity contribution in [3.63, 3.8) is 0 Å². The summed E-state index contributed by atoms with van der Waals surface area (Å²) >= 11 is 25.6. The quantitative estimate of drug-likeness (QED) is 0.318. The van der Waals surface area contributed by atoms with E-state index in [-0.39, 0.29) is 0 Å². The average Bonchev–Trinajstić information content (AvgIpc) is 2.71. The second kappa shape index (κ2) is 11.9. The van der Waals surface area contributed by atoms with Gasteiger partial charge in [-0.05, 0) is 58.5 Å². The highest BCUT2D eigenvalue weighted by Crippen LogP contribution is 2.32. The zero-order valence-electron chi connectivity index (χ0n) is 16.0. The van der Waals surface area contributed by atoms with Gasteiger partial charge in [-0.3, -0.25) is 0 Å². The van der Waals surface area contributed by atoms with Crippen LogP contribution in [-0.2, 0) is 23.8 Å². The van der Waals surface area contributed by atoms with Gasteiger partial charge in [-0.15, -0.1) is 0 Å². The largest absolute Gasteiger partial charge is 0.310 e. The molecule has 3 rings (SSSR count). The normalized spacial score (nSPS) is 10.4. The van der Waals surface area contributed by atoms with Crippen LogP contribution in [0.1, 0.15) is 41.2 Å². The van der Waals surface area contributed by atoms with Crippen LogP contribution in [0.15, 0.2) is 54.6 Å². The zero-order chi connectivity index (χ0) is 21.4. The van der Waals surface area contributed by atoms with Crippen LogP contribution in [0.25, 0.3) is 0 Å². The van der Waals surface area contributed by atoms with Gasteiger partial charge in [-0.2, -0.15) is 0 Å². The molecule has 0 N–H and O–H groups in total. The highest BCUT2D eigenvalue weighted by Gasteiger charge is 2.14. The van der Waals surface area contributed by atoms with Crippen molar-refractivity contribution >= 4 is 55.5 Å². The molecule has 3 aromatic rings. The summed E-state index contributed by atoms with van der Waals surface area (Å²) in [5.41, 5.74) is 5.58. The summed E-state index contributed by atoms with van der Waals surface area (Å²) in [7, 11) is 1.17. The van der Waals surface area contributed by atoms with Crippen LogP contribution in [0.5, 0.6) is 0 Å². The fourth-order valence-electron chi connectivity index (χ4n) is 3.24. The minimum atomic E-state index is 0.669. The van der Waals surface area contributed by atoms with Crippen LogP contribution >= 0.6 is 55.5 Å². The van der Waals surface area contributed by atoms with E-state index in [1.165, 1.54) is 25.8 Å². The number of rotatable bonds is 6. The number of hydrogen-bond acceptors (Lipinski definition) is 1. The molecule has 1 atom stereocenters. The van der Waals surface area contributed by atoms with Crippen molar-refractivity contribution in [1.29, 1.82) is 0 Å². The molecule has 1 nitrogen and oxygen atoms in total. The Morgan fingerprint density at radius 1 is 0.690 bits per heavy atom. The van der Waals surface area contributed by atoms with E-state index in [2.05, 4.69) is 25.1 Å². The summed E-state index contributed by atoms with van der Waals surface area (Å²) in [5, 5.41) is 2.74. The number of halogens is 4. The molecule has 0 fully saturated rings. The molecule has 1 unspecified atom stereocenters. The van der Waals surface area contributed by atoms with Crippen molar-refractivity contribution < 1.29 is 4.57 Å². The molecule has 0 spiro atoms. The maximum absolute atomic E-state index is 8.17. The lowest BCUT2D eigenvalue weighted by Gasteiger charge is -2.15. The van der Waals surface area contributed by atoms with Gasteiger partial charge >= 0.3 is 9.12 Å². The van der Waals surface area contributed by atoms with Crippen LogP contribution in [0.3, 0.4) is 0 Å². The summed E-state index contributed by atoms with van der Waals surface area (Å²) in [6, 6.07) is 17.8. The summed E-state index contributed by atoms with van der Waals surface area (Å²) in [5.74, 6) is 0. The molecule has 0 aliphatic heterocycles. The van der Waals surface area contributed by atoms with Crippen LogP contribution in [-0.4, -0.2) is 0 Å². The second-order valence-corrected chi connectivity index (χ2v) is 8.24. The molecule has 0 aromatic heterocycles. The topological polar surface area (TPSA) is 17.1 Å². The Bertz CT molecular complexity index is 935. The van der Waals surface area contributed by atoms with E-state index >= 15 is 0 Å². The molecule has 152 valence electrons. The van der Waals surface area contributed by atoms with Crippen molar-refractivity contribution in [3.05, 3.63) is 103 Å². The Hall–Kier alpha value is -1.08. The average molecular weight is 487 g/mol. The Morgan fingerprint density at radius 3 is 1.59 bits per heavy atom. The minimum absolute atomic E-state index is 0.669. The highest BCUT2D eigenvalue weighted by molar-refractivity contribution is 7.00. The number of benzene rings is 3. The first-order valence-corrected chi connectivity index (χ1v) is 11.2. The predicted octanol–water partition coefficient (Wildman–Crippen LogP) is 8.64. The summed E-state index contributed by atoms with van der Waals surface area (Å²) < 4.78 is 8.17. The molecule has 29 heavy (non-hydrogen) atoms.